The number of benzene rings is 2. The molecule has 0 unspecified atom stereocenters. The van der Waals surface area contributed by atoms with Gasteiger partial charge in [0, 0.05) is 11.0 Å². The maximum Gasteiger partial charge on any atom is 0.573 e. The average molecular weight is 436 g/mol. The molecule has 3 rings (SSSR count). The molecule has 1 aliphatic rings. The summed E-state index contributed by atoms with van der Waals surface area (Å²) in [5, 5.41) is 0. The highest BCUT2D eigenvalue weighted by Gasteiger charge is 2.32. The van der Waals surface area contributed by atoms with Crippen LogP contribution in [0.1, 0.15) is 12.0 Å². The summed E-state index contributed by atoms with van der Waals surface area (Å²) in [7, 11) is -3.87. The first-order chi connectivity index (χ1) is 11.7. The number of sulfonamides is 1. The van der Waals surface area contributed by atoms with E-state index in [1.54, 1.807) is 12.1 Å². The number of rotatable bonds is 3. The molecular weight excluding hydrogens is 423 g/mol. The lowest BCUT2D eigenvalue weighted by molar-refractivity contribution is -0.274. The van der Waals surface area contributed by atoms with Gasteiger partial charge in [0.2, 0.25) is 0 Å². The third-order valence-electron chi connectivity index (χ3n) is 3.76. The van der Waals surface area contributed by atoms with Crippen molar-refractivity contribution in [2.45, 2.75) is 24.1 Å². The first-order valence-electron chi connectivity index (χ1n) is 7.34. The molecular formula is C16H13BrF3NO3S. The second kappa shape index (κ2) is 6.53. The molecule has 134 valence electrons. The molecule has 4 nitrogen and oxygen atoms in total. The summed E-state index contributed by atoms with van der Waals surface area (Å²) < 4.78 is 68.3. The predicted molar refractivity (Wildman–Crippen MR) is 90.1 cm³/mol. The van der Waals surface area contributed by atoms with Gasteiger partial charge in [0.25, 0.3) is 10.0 Å². The molecule has 0 N–H and O–H groups in total. The Morgan fingerprint density at radius 2 is 1.76 bits per heavy atom. The lowest BCUT2D eigenvalue weighted by Gasteiger charge is -2.30. The Bertz CT molecular complexity index is 882. The van der Waals surface area contributed by atoms with Crippen LogP contribution >= 0.6 is 15.9 Å². The van der Waals surface area contributed by atoms with E-state index in [1.807, 2.05) is 6.07 Å². The summed E-state index contributed by atoms with van der Waals surface area (Å²) in [5.41, 5.74) is 1.49. The standard InChI is InChI=1S/C16H13BrF3NO3S/c17-12-3-8-15-11(10-12)2-1-9-21(15)25(22,23)14-6-4-13(5-7-14)24-16(18,19)20/h3-8,10H,1-2,9H2. The first kappa shape index (κ1) is 18.1. The van der Waals surface area contributed by atoms with Crippen molar-refractivity contribution in [2.75, 3.05) is 10.8 Å². The second-order valence-corrected chi connectivity index (χ2v) is 8.25. The third-order valence-corrected chi connectivity index (χ3v) is 6.08. The van der Waals surface area contributed by atoms with Crippen LogP contribution in [0.25, 0.3) is 0 Å². The molecule has 1 heterocycles. The molecule has 0 radical (unpaired) electrons. The zero-order valence-corrected chi connectivity index (χ0v) is 15.2. The number of aryl methyl sites for hydroxylation is 1. The second-order valence-electron chi connectivity index (χ2n) is 5.47. The molecule has 9 heteroatoms. The monoisotopic (exact) mass is 435 g/mol. The normalized spacial score (nSPS) is 15.0. The van der Waals surface area contributed by atoms with Crippen molar-refractivity contribution in [3.05, 3.63) is 52.5 Å². The van der Waals surface area contributed by atoms with E-state index >= 15 is 0 Å². The van der Waals surface area contributed by atoms with E-state index in [0.717, 1.165) is 40.7 Å². The summed E-state index contributed by atoms with van der Waals surface area (Å²) in [6, 6.07) is 9.56. The topological polar surface area (TPSA) is 46.6 Å². The van der Waals surface area contributed by atoms with Crippen LogP contribution in [-0.2, 0) is 16.4 Å². The Balaban J connectivity index is 1.93. The van der Waals surface area contributed by atoms with Crippen molar-refractivity contribution < 1.29 is 26.3 Å². The van der Waals surface area contributed by atoms with Crippen LogP contribution in [0.4, 0.5) is 18.9 Å². The van der Waals surface area contributed by atoms with Crippen LogP contribution in [0.3, 0.4) is 0 Å². The highest BCUT2D eigenvalue weighted by atomic mass is 79.9. The zero-order valence-electron chi connectivity index (χ0n) is 12.8. The van der Waals surface area contributed by atoms with E-state index in [9.17, 15) is 21.6 Å². The summed E-state index contributed by atoms with van der Waals surface area (Å²) in [5.74, 6) is -0.463. The molecule has 1 aliphatic heterocycles. The number of halogens is 4. The Morgan fingerprint density at radius 1 is 1.08 bits per heavy atom. The first-order valence-corrected chi connectivity index (χ1v) is 9.57. The lowest BCUT2D eigenvalue weighted by Crippen LogP contribution is -2.35. The fraction of sp³-hybridized carbons (Fsp3) is 0.250. The minimum atomic E-state index is -4.82. The minimum Gasteiger partial charge on any atom is -0.406 e. The maximum atomic E-state index is 12.9. The summed E-state index contributed by atoms with van der Waals surface area (Å²) in [6.07, 6.45) is -3.39. The van der Waals surface area contributed by atoms with Crippen LogP contribution in [0, 0.1) is 0 Å². The van der Waals surface area contributed by atoms with Gasteiger partial charge in [-0.3, -0.25) is 4.31 Å². The molecule has 0 atom stereocenters. The van der Waals surface area contributed by atoms with E-state index in [1.165, 1.54) is 4.31 Å². The molecule has 2 aromatic carbocycles. The SMILES string of the molecule is O=S(=O)(c1ccc(OC(F)(F)F)cc1)N1CCCc2cc(Br)ccc21. The summed E-state index contributed by atoms with van der Waals surface area (Å²) in [4.78, 5) is -0.0854. The van der Waals surface area contributed by atoms with Crippen molar-refractivity contribution in [1.29, 1.82) is 0 Å². The molecule has 0 spiro atoms. The molecule has 0 amide bonds. The number of nitrogens with zero attached hydrogens (tertiary/aromatic N) is 1. The van der Waals surface area contributed by atoms with Gasteiger partial charge in [0.05, 0.1) is 10.6 Å². The molecule has 25 heavy (non-hydrogen) atoms. The molecule has 0 aromatic heterocycles. The Labute approximate surface area is 151 Å². The Kier molecular flexibility index (Phi) is 4.72. The fourth-order valence-electron chi connectivity index (χ4n) is 2.72. The Morgan fingerprint density at radius 3 is 2.40 bits per heavy atom. The van der Waals surface area contributed by atoms with E-state index in [-0.39, 0.29) is 4.90 Å². The van der Waals surface area contributed by atoms with Gasteiger partial charge in [-0.05, 0) is 60.9 Å². The fourth-order valence-corrected chi connectivity index (χ4v) is 4.67. The third kappa shape index (κ3) is 3.92. The number of ether oxygens (including phenoxy) is 1. The number of anilines is 1. The van der Waals surface area contributed by atoms with E-state index in [0.29, 0.717) is 18.7 Å². The van der Waals surface area contributed by atoms with Crippen LogP contribution in [0.15, 0.2) is 51.8 Å². The van der Waals surface area contributed by atoms with Gasteiger partial charge in [-0.1, -0.05) is 15.9 Å². The highest BCUT2D eigenvalue weighted by Crippen LogP contribution is 2.34. The number of hydrogen-bond acceptors (Lipinski definition) is 3. The highest BCUT2D eigenvalue weighted by molar-refractivity contribution is 9.10. The summed E-state index contributed by atoms with van der Waals surface area (Å²) >= 11 is 3.36. The van der Waals surface area contributed by atoms with Crippen molar-refractivity contribution in [2.24, 2.45) is 0 Å². The van der Waals surface area contributed by atoms with Crippen molar-refractivity contribution in [1.82, 2.24) is 0 Å². The quantitative estimate of drug-likeness (QED) is 0.713. The van der Waals surface area contributed by atoms with Gasteiger partial charge >= 0.3 is 6.36 Å². The van der Waals surface area contributed by atoms with Crippen LogP contribution < -0.4 is 9.04 Å². The van der Waals surface area contributed by atoms with Crippen molar-refractivity contribution in [3.63, 3.8) is 0 Å². The van der Waals surface area contributed by atoms with Gasteiger partial charge in [0.1, 0.15) is 5.75 Å². The van der Waals surface area contributed by atoms with Crippen molar-refractivity contribution >= 4 is 31.6 Å². The van der Waals surface area contributed by atoms with Crippen LogP contribution in [0.2, 0.25) is 0 Å². The van der Waals surface area contributed by atoms with E-state index in [2.05, 4.69) is 20.7 Å². The average Bonchev–Trinajstić information content (AvgIpc) is 2.53. The zero-order chi connectivity index (χ0) is 18.2. The molecule has 0 bridgehead atoms. The van der Waals surface area contributed by atoms with Gasteiger partial charge in [-0.25, -0.2) is 8.42 Å². The van der Waals surface area contributed by atoms with Crippen molar-refractivity contribution in [3.8, 4) is 5.75 Å². The largest absolute Gasteiger partial charge is 0.573 e. The lowest BCUT2D eigenvalue weighted by atomic mass is 10.0. The summed E-state index contributed by atoms with van der Waals surface area (Å²) in [6.45, 7) is 0.317. The molecule has 0 saturated heterocycles. The van der Waals surface area contributed by atoms with Crippen LogP contribution in [0.5, 0.6) is 5.75 Å². The van der Waals surface area contributed by atoms with E-state index < -0.39 is 22.1 Å². The maximum absolute atomic E-state index is 12.9. The number of hydrogen-bond donors (Lipinski definition) is 0. The predicted octanol–water partition coefficient (Wildman–Crippen LogP) is 4.49. The number of fused-ring (bicyclic) bond motifs is 1. The molecule has 0 saturated carbocycles. The smallest absolute Gasteiger partial charge is 0.406 e. The number of alkyl halides is 3. The van der Waals surface area contributed by atoms with Crippen LogP contribution in [-0.4, -0.2) is 21.3 Å². The van der Waals surface area contributed by atoms with Gasteiger partial charge in [-0.15, -0.1) is 13.2 Å². The van der Waals surface area contributed by atoms with Gasteiger partial charge in [-0.2, -0.15) is 0 Å². The van der Waals surface area contributed by atoms with E-state index in [4.69, 9.17) is 0 Å². The Hall–Kier alpha value is -1.74. The molecule has 0 fully saturated rings. The van der Waals surface area contributed by atoms with Gasteiger partial charge < -0.3 is 4.74 Å². The van der Waals surface area contributed by atoms with Gasteiger partial charge in [0.15, 0.2) is 0 Å². The molecule has 2 aromatic rings. The minimum absolute atomic E-state index is 0.0854. The molecule has 0 aliphatic carbocycles.